The third-order valence-electron chi connectivity index (χ3n) is 3.13. The van der Waals surface area contributed by atoms with Gasteiger partial charge >= 0.3 is 0 Å². The van der Waals surface area contributed by atoms with Gasteiger partial charge < -0.3 is 10.6 Å². The molecule has 0 aromatic heterocycles. The van der Waals surface area contributed by atoms with Gasteiger partial charge in [-0.1, -0.05) is 54.8 Å². The molecule has 0 fully saturated rings. The Bertz CT molecular complexity index is 413. The first-order chi connectivity index (χ1) is 9.10. The number of benzene rings is 1. The second-order valence-corrected chi connectivity index (χ2v) is 6.08. The molecule has 0 bridgehead atoms. The molecule has 4 heteroatoms. The van der Waals surface area contributed by atoms with Crippen LogP contribution in [0.15, 0.2) is 22.7 Å². The fraction of sp³-hybridized carbons (Fsp3) is 0.533. The summed E-state index contributed by atoms with van der Waals surface area (Å²) in [5.41, 5.74) is 7.98. The van der Waals surface area contributed by atoms with Gasteiger partial charge in [0.2, 0.25) is 0 Å². The fourth-order valence-electron chi connectivity index (χ4n) is 2.03. The van der Waals surface area contributed by atoms with Crippen molar-refractivity contribution in [2.45, 2.75) is 39.5 Å². The van der Waals surface area contributed by atoms with Gasteiger partial charge in [0, 0.05) is 28.8 Å². The molecule has 106 valence electrons. The van der Waals surface area contributed by atoms with E-state index in [0.29, 0.717) is 4.99 Å². The Hall–Kier alpha value is -0.610. The number of nitrogens with two attached hydrogens (primary N) is 1. The second kappa shape index (κ2) is 8.54. The molecule has 0 aliphatic carbocycles. The van der Waals surface area contributed by atoms with Gasteiger partial charge in [-0.05, 0) is 31.0 Å². The van der Waals surface area contributed by atoms with Gasteiger partial charge in [0.1, 0.15) is 4.99 Å². The molecule has 0 aliphatic rings. The van der Waals surface area contributed by atoms with Crippen molar-refractivity contribution in [1.29, 1.82) is 0 Å². The van der Waals surface area contributed by atoms with Crippen molar-refractivity contribution in [3.63, 3.8) is 0 Å². The summed E-state index contributed by atoms with van der Waals surface area (Å²) in [4.78, 5) is 2.88. The van der Waals surface area contributed by atoms with E-state index in [9.17, 15) is 0 Å². The molecule has 0 aliphatic heterocycles. The SMILES string of the molecule is CCCCN(CCCC)c1cc(Br)ccc1C(N)=S. The minimum atomic E-state index is 0.473. The molecule has 0 saturated heterocycles. The Balaban J connectivity index is 3.03. The van der Waals surface area contributed by atoms with Gasteiger partial charge in [0.15, 0.2) is 0 Å². The summed E-state index contributed by atoms with van der Waals surface area (Å²) < 4.78 is 1.07. The molecule has 2 N–H and O–H groups in total. The highest BCUT2D eigenvalue weighted by Crippen LogP contribution is 2.26. The van der Waals surface area contributed by atoms with Gasteiger partial charge in [-0.15, -0.1) is 0 Å². The Labute approximate surface area is 130 Å². The lowest BCUT2D eigenvalue weighted by atomic mass is 10.1. The molecule has 0 unspecified atom stereocenters. The van der Waals surface area contributed by atoms with Crippen LogP contribution in [0.5, 0.6) is 0 Å². The highest BCUT2D eigenvalue weighted by molar-refractivity contribution is 9.10. The molecule has 1 aromatic rings. The first kappa shape index (κ1) is 16.4. The molecule has 0 atom stereocenters. The summed E-state index contributed by atoms with van der Waals surface area (Å²) in [5.74, 6) is 0. The lowest BCUT2D eigenvalue weighted by molar-refractivity contribution is 0.677. The fourth-order valence-corrected chi connectivity index (χ4v) is 2.55. The van der Waals surface area contributed by atoms with E-state index in [1.807, 2.05) is 12.1 Å². The number of anilines is 1. The Morgan fingerprint density at radius 2 is 1.79 bits per heavy atom. The maximum atomic E-state index is 5.85. The first-order valence-electron chi connectivity index (χ1n) is 6.94. The van der Waals surface area contributed by atoms with Crippen LogP contribution in [0.25, 0.3) is 0 Å². The lowest BCUT2D eigenvalue weighted by Crippen LogP contribution is -2.28. The Kier molecular flexibility index (Phi) is 7.39. The second-order valence-electron chi connectivity index (χ2n) is 4.72. The zero-order valence-corrected chi connectivity index (χ0v) is 14.2. The summed E-state index contributed by atoms with van der Waals surface area (Å²) in [5, 5.41) is 0. The average Bonchev–Trinajstić information content (AvgIpc) is 2.38. The van der Waals surface area contributed by atoms with Gasteiger partial charge in [-0.25, -0.2) is 0 Å². The monoisotopic (exact) mass is 342 g/mol. The van der Waals surface area contributed by atoms with Crippen molar-refractivity contribution in [3.05, 3.63) is 28.2 Å². The number of nitrogens with zero attached hydrogens (tertiary/aromatic N) is 1. The predicted molar refractivity (Wildman–Crippen MR) is 92.1 cm³/mol. The van der Waals surface area contributed by atoms with E-state index in [4.69, 9.17) is 18.0 Å². The van der Waals surface area contributed by atoms with Gasteiger partial charge in [0.25, 0.3) is 0 Å². The molecule has 0 amide bonds. The van der Waals surface area contributed by atoms with Gasteiger partial charge in [-0.2, -0.15) is 0 Å². The maximum Gasteiger partial charge on any atom is 0.106 e. The minimum Gasteiger partial charge on any atom is -0.389 e. The van der Waals surface area contributed by atoms with E-state index in [2.05, 4.69) is 40.7 Å². The number of halogens is 1. The van der Waals surface area contributed by atoms with Crippen molar-refractivity contribution in [1.82, 2.24) is 0 Å². The quantitative estimate of drug-likeness (QED) is 0.705. The van der Waals surface area contributed by atoms with Crippen LogP contribution < -0.4 is 10.6 Å². The summed E-state index contributed by atoms with van der Waals surface area (Å²) in [6.45, 7) is 6.55. The van der Waals surface area contributed by atoms with Crippen LogP contribution >= 0.6 is 28.1 Å². The average molecular weight is 343 g/mol. The Morgan fingerprint density at radius 3 is 2.26 bits per heavy atom. The molecule has 1 aromatic carbocycles. The van der Waals surface area contributed by atoms with Crippen molar-refractivity contribution in [3.8, 4) is 0 Å². The van der Waals surface area contributed by atoms with E-state index >= 15 is 0 Å². The topological polar surface area (TPSA) is 29.3 Å². The largest absolute Gasteiger partial charge is 0.389 e. The van der Waals surface area contributed by atoms with Crippen LogP contribution in [0.4, 0.5) is 5.69 Å². The van der Waals surface area contributed by atoms with E-state index in [1.54, 1.807) is 0 Å². The summed E-state index contributed by atoms with van der Waals surface area (Å²) in [7, 11) is 0. The van der Waals surface area contributed by atoms with E-state index in [0.717, 1.165) is 28.8 Å². The molecule has 0 saturated carbocycles. The zero-order chi connectivity index (χ0) is 14.3. The van der Waals surface area contributed by atoms with Crippen molar-refractivity contribution >= 4 is 38.8 Å². The predicted octanol–water partition coefficient (Wildman–Crippen LogP) is 4.49. The van der Waals surface area contributed by atoms with Crippen molar-refractivity contribution in [2.24, 2.45) is 5.73 Å². The lowest BCUT2D eigenvalue weighted by Gasteiger charge is -2.27. The third kappa shape index (κ3) is 5.11. The van der Waals surface area contributed by atoms with Crippen LogP contribution in [0.2, 0.25) is 0 Å². The van der Waals surface area contributed by atoms with E-state index < -0.39 is 0 Å². The molecule has 0 heterocycles. The van der Waals surface area contributed by atoms with Crippen LogP contribution in [0, 0.1) is 0 Å². The van der Waals surface area contributed by atoms with Crippen LogP contribution in [-0.2, 0) is 0 Å². The molecule has 2 nitrogen and oxygen atoms in total. The summed E-state index contributed by atoms with van der Waals surface area (Å²) in [6.07, 6.45) is 4.76. The van der Waals surface area contributed by atoms with Crippen molar-refractivity contribution in [2.75, 3.05) is 18.0 Å². The molecular weight excluding hydrogens is 320 g/mol. The molecule has 1 rings (SSSR count). The smallest absolute Gasteiger partial charge is 0.106 e. The molecule has 19 heavy (non-hydrogen) atoms. The minimum absolute atomic E-state index is 0.473. The number of hydrogen-bond donors (Lipinski definition) is 1. The number of thiocarbonyl (C=S) groups is 1. The van der Waals surface area contributed by atoms with Crippen LogP contribution in [0.3, 0.4) is 0 Å². The number of hydrogen-bond acceptors (Lipinski definition) is 2. The number of rotatable bonds is 8. The normalized spacial score (nSPS) is 10.5. The maximum absolute atomic E-state index is 5.85. The molecule has 0 spiro atoms. The van der Waals surface area contributed by atoms with E-state index in [1.165, 1.54) is 25.7 Å². The molecular formula is C15H23BrN2S. The van der Waals surface area contributed by atoms with Crippen molar-refractivity contribution < 1.29 is 0 Å². The number of unbranched alkanes of at least 4 members (excludes halogenated alkanes) is 2. The zero-order valence-electron chi connectivity index (χ0n) is 11.8. The molecule has 0 radical (unpaired) electrons. The highest BCUT2D eigenvalue weighted by atomic mass is 79.9. The summed E-state index contributed by atoms with van der Waals surface area (Å²) >= 11 is 8.71. The first-order valence-corrected chi connectivity index (χ1v) is 8.14. The van der Waals surface area contributed by atoms with Gasteiger partial charge in [0.05, 0.1) is 0 Å². The summed E-state index contributed by atoms with van der Waals surface area (Å²) in [6, 6.07) is 6.13. The van der Waals surface area contributed by atoms with E-state index in [-0.39, 0.29) is 0 Å². The highest BCUT2D eigenvalue weighted by Gasteiger charge is 2.13. The van der Waals surface area contributed by atoms with Crippen LogP contribution in [-0.4, -0.2) is 18.1 Å². The standard InChI is InChI=1S/C15H23BrN2S/c1-3-5-9-18(10-6-4-2)14-11-12(16)7-8-13(14)15(17)19/h7-8,11H,3-6,9-10H2,1-2H3,(H2,17,19). The Morgan fingerprint density at radius 1 is 1.21 bits per heavy atom. The third-order valence-corrected chi connectivity index (χ3v) is 3.84. The van der Waals surface area contributed by atoms with Gasteiger partial charge in [-0.3, -0.25) is 0 Å². The van der Waals surface area contributed by atoms with Crippen LogP contribution in [0.1, 0.15) is 45.1 Å².